The lowest BCUT2D eigenvalue weighted by Crippen LogP contribution is -2.37. The fourth-order valence-electron chi connectivity index (χ4n) is 3.41. The van der Waals surface area contributed by atoms with Crippen molar-refractivity contribution in [1.82, 2.24) is 42.1 Å². The standard InChI is InChI=1S/C23H40N12S4/c1-16(18(3)28-32-22(38)34-12-5-6-13-34)26-30-20(36)24-10-9-11-25-21(37)31-27-17(2)19(4)29-33-23(39)35-14-7-8-15-35/h5-15H2,1-4H3,(H,32,38)(H,33,39)(H2,24,30,36)(H2,25,31,37)/b26-16+,27-17+,28-18+,29-19+. The van der Waals surface area contributed by atoms with E-state index in [0.717, 1.165) is 69.7 Å². The Morgan fingerprint density at radius 3 is 1.18 bits per heavy atom. The highest BCUT2D eigenvalue weighted by Gasteiger charge is 2.15. The second kappa shape index (κ2) is 17.9. The second-order valence-electron chi connectivity index (χ2n) is 9.10. The minimum absolute atomic E-state index is 0.427. The molecule has 2 fully saturated rings. The second-order valence-corrected chi connectivity index (χ2v) is 10.7. The van der Waals surface area contributed by atoms with Gasteiger partial charge in [-0.15, -0.1) is 0 Å². The van der Waals surface area contributed by atoms with Gasteiger partial charge in [0.15, 0.2) is 20.4 Å². The van der Waals surface area contributed by atoms with Crippen molar-refractivity contribution in [3.8, 4) is 0 Å². The van der Waals surface area contributed by atoms with Crippen LogP contribution < -0.4 is 32.3 Å². The van der Waals surface area contributed by atoms with Gasteiger partial charge in [0, 0.05) is 39.3 Å². The van der Waals surface area contributed by atoms with Gasteiger partial charge in [0.25, 0.3) is 0 Å². The number of hydrogen-bond donors (Lipinski definition) is 6. The first-order valence-electron chi connectivity index (χ1n) is 13.0. The molecule has 2 aliphatic rings. The number of hydrazone groups is 4. The molecule has 0 bridgehead atoms. The molecule has 16 heteroatoms. The van der Waals surface area contributed by atoms with E-state index in [1.54, 1.807) is 0 Å². The summed E-state index contributed by atoms with van der Waals surface area (Å²) in [6.45, 7) is 12.6. The molecule has 0 aliphatic carbocycles. The third-order valence-corrected chi connectivity index (χ3v) is 7.22. The molecule has 2 heterocycles. The maximum Gasteiger partial charge on any atom is 0.189 e. The molecule has 0 aromatic carbocycles. The zero-order chi connectivity index (χ0) is 28.6. The lowest BCUT2D eigenvalue weighted by atomic mass is 10.3. The summed E-state index contributed by atoms with van der Waals surface area (Å²) in [5.41, 5.74) is 14.4. The van der Waals surface area contributed by atoms with E-state index in [2.05, 4.69) is 62.5 Å². The first kappa shape index (κ1) is 32.7. The molecule has 0 saturated carbocycles. The molecule has 6 N–H and O–H groups in total. The van der Waals surface area contributed by atoms with Gasteiger partial charge in [0.2, 0.25) is 0 Å². The predicted molar refractivity (Wildman–Crippen MR) is 178 cm³/mol. The first-order chi connectivity index (χ1) is 18.7. The number of nitrogens with one attached hydrogen (secondary N) is 6. The molecule has 0 aromatic heterocycles. The Hall–Kier alpha value is -2.56. The SMILES string of the molecule is CC(=N\NC(=S)NCCCNC(=S)N/N=C(C)/C(C)=N/NC(=S)N1CCCC1)/C(C)=N/NC(=S)N1CCCC1. The topological polar surface area (TPSA) is 128 Å². The molecule has 2 aliphatic heterocycles. The molecule has 39 heavy (non-hydrogen) atoms. The van der Waals surface area contributed by atoms with Crippen LogP contribution in [0.3, 0.4) is 0 Å². The Morgan fingerprint density at radius 2 is 0.846 bits per heavy atom. The van der Waals surface area contributed by atoms with Crippen molar-refractivity contribution in [1.29, 1.82) is 0 Å². The molecule has 0 unspecified atom stereocenters. The summed E-state index contributed by atoms with van der Waals surface area (Å²) in [4.78, 5) is 4.23. The number of rotatable bonds is 10. The minimum Gasteiger partial charge on any atom is -0.361 e. The lowest BCUT2D eigenvalue weighted by Gasteiger charge is -2.17. The van der Waals surface area contributed by atoms with E-state index in [0.29, 0.717) is 45.0 Å². The van der Waals surface area contributed by atoms with Gasteiger partial charge in [0.05, 0.1) is 22.8 Å². The molecule has 216 valence electrons. The molecule has 0 amide bonds. The molecule has 12 nitrogen and oxygen atoms in total. The molecule has 0 spiro atoms. The quantitative estimate of drug-likeness (QED) is 0.0931. The summed E-state index contributed by atoms with van der Waals surface area (Å²) in [5.74, 6) is 0. The van der Waals surface area contributed by atoms with Gasteiger partial charge < -0.3 is 20.4 Å². The molecule has 0 radical (unpaired) electrons. The number of hydrogen-bond acceptors (Lipinski definition) is 8. The van der Waals surface area contributed by atoms with Crippen LogP contribution in [0, 0.1) is 0 Å². The highest BCUT2D eigenvalue weighted by Crippen LogP contribution is 2.07. The normalized spacial score (nSPS) is 16.6. The maximum atomic E-state index is 5.37. The summed E-state index contributed by atoms with van der Waals surface area (Å²) in [6, 6.07) is 0. The lowest BCUT2D eigenvalue weighted by molar-refractivity contribution is 0.509. The molecule has 2 rings (SSSR count). The van der Waals surface area contributed by atoms with Crippen molar-refractivity contribution < 1.29 is 0 Å². The molecule has 0 aromatic rings. The smallest absolute Gasteiger partial charge is 0.189 e. The zero-order valence-electron chi connectivity index (χ0n) is 23.1. The maximum absolute atomic E-state index is 5.37. The van der Waals surface area contributed by atoms with Crippen molar-refractivity contribution in [2.75, 3.05) is 39.3 Å². The van der Waals surface area contributed by atoms with E-state index < -0.39 is 0 Å². The largest absolute Gasteiger partial charge is 0.361 e. The number of thiocarbonyl (C=S) groups is 4. The van der Waals surface area contributed by atoms with E-state index in [1.165, 1.54) is 0 Å². The van der Waals surface area contributed by atoms with Crippen LogP contribution in [0.2, 0.25) is 0 Å². The average molecular weight is 613 g/mol. The average Bonchev–Trinajstić information content (AvgIpc) is 3.66. The van der Waals surface area contributed by atoms with Crippen LogP contribution in [0.25, 0.3) is 0 Å². The van der Waals surface area contributed by atoms with E-state index in [1.807, 2.05) is 27.7 Å². The van der Waals surface area contributed by atoms with Crippen LogP contribution >= 0.6 is 48.9 Å². The monoisotopic (exact) mass is 612 g/mol. The van der Waals surface area contributed by atoms with E-state index in [-0.39, 0.29) is 0 Å². The van der Waals surface area contributed by atoms with Gasteiger partial charge >= 0.3 is 0 Å². The van der Waals surface area contributed by atoms with E-state index in [9.17, 15) is 0 Å². The highest BCUT2D eigenvalue weighted by molar-refractivity contribution is 7.80. The summed E-state index contributed by atoms with van der Waals surface area (Å²) >= 11 is 21.3. The summed E-state index contributed by atoms with van der Waals surface area (Å²) in [6.07, 6.45) is 5.44. The van der Waals surface area contributed by atoms with Crippen LogP contribution in [0.15, 0.2) is 20.4 Å². The van der Waals surface area contributed by atoms with E-state index >= 15 is 0 Å². The van der Waals surface area contributed by atoms with Crippen molar-refractivity contribution in [2.24, 2.45) is 20.4 Å². The van der Waals surface area contributed by atoms with Gasteiger partial charge in [-0.1, -0.05) is 0 Å². The van der Waals surface area contributed by atoms with Crippen molar-refractivity contribution >= 4 is 92.2 Å². The van der Waals surface area contributed by atoms with Crippen molar-refractivity contribution in [3.05, 3.63) is 0 Å². The highest BCUT2D eigenvalue weighted by atomic mass is 32.1. The molecule has 0 atom stereocenters. The molecular formula is C23H40N12S4. The van der Waals surface area contributed by atoms with Gasteiger partial charge in [0.1, 0.15) is 0 Å². The molecular weight excluding hydrogens is 573 g/mol. The van der Waals surface area contributed by atoms with Crippen LogP contribution in [0.1, 0.15) is 59.8 Å². The Labute approximate surface area is 252 Å². The number of nitrogens with zero attached hydrogens (tertiary/aromatic N) is 6. The van der Waals surface area contributed by atoms with Gasteiger partial charge in [-0.05, 0) is 109 Å². The zero-order valence-corrected chi connectivity index (χ0v) is 26.4. The van der Waals surface area contributed by atoms with E-state index in [4.69, 9.17) is 48.9 Å². The van der Waals surface area contributed by atoms with Crippen LogP contribution in [-0.4, -0.2) is 92.4 Å². The van der Waals surface area contributed by atoms with Gasteiger partial charge in [-0.2, -0.15) is 20.4 Å². The minimum atomic E-state index is 0.427. The van der Waals surface area contributed by atoms with Crippen LogP contribution in [0.4, 0.5) is 0 Å². The Morgan fingerprint density at radius 1 is 0.538 bits per heavy atom. The number of likely N-dealkylation sites (tertiary alicyclic amines) is 2. The Balaban J connectivity index is 1.58. The van der Waals surface area contributed by atoms with Crippen molar-refractivity contribution in [2.45, 2.75) is 59.8 Å². The fourth-order valence-corrected chi connectivity index (χ4v) is 4.16. The third-order valence-electron chi connectivity index (χ3n) is 6.05. The third kappa shape index (κ3) is 12.9. The van der Waals surface area contributed by atoms with Crippen molar-refractivity contribution in [3.63, 3.8) is 0 Å². The Kier molecular flexibility index (Phi) is 15.0. The first-order valence-corrected chi connectivity index (χ1v) is 14.7. The van der Waals surface area contributed by atoms with Gasteiger partial charge in [-0.25, -0.2) is 0 Å². The van der Waals surface area contributed by atoms with Crippen LogP contribution in [-0.2, 0) is 0 Å². The Bertz CT molecular complexity index is 917. The predicted octanol–water partition coefficient (Wildman–Crippen LogP) is 1.75. The summed E-state index contributed by atoms with van der Waals surface area (Å²) in [5, 5.41) is 25.5. The summed E-state index contributed by atoms with van der Waals surface area (Å²) < 4.78 is 0. The fraction of sp³-hybridized carbons (Fsp3) is 0.652. The van der Waals surface area contributed by atoms with Gasteiger partial charge in [-0.3, -0.25) is 21.7 Å². The van der Waals surface area contributed by atoms with Crippen LogP contribution in [0.5, 0.6) is 0 Å². The summed E-state index contributed by atoms with van der Waals surface area (Å²) in [7, 11) is 0. The molecule has 2 saturated heterocycles.